The van der Waals surface area contributed by atoms with Crippen LogP contribution in [-0.4, -0.2) is 60.3 Å². The van der Waals surface area contributed by atoms with Crippen LogP contribution in [0.4, 0.5) is 0 Å². The van der Waals surface area contributed by atoms with Crippen molar-refractivity contribution >= 4 is 43.2 Å². The molecule has 1 saturated carbocycles. The van der Waals surface area contributed by atoms with Crippen LogP contribution in [0.25, 0.3) is 32.8 Å². The summed E-state index contributed by atoms with van der Waals surface area (Å²) in [7, 11) is -4.00. The average Bonchev–Trinajstić information content (AvgIpc) is 3.37. The second-order valence-electron chi connectivity index (χ2n) is 9.03. The van der Waals surface area contributed by atoms with Crippen LogP contribution in [0.1, 0.15) is 29.5 Å². The zero-order valence-electron chi connectivity index (χ0n) is 20.3. The van der Waals surface area contributed by atoms with Crippen LogP contribution in [0.15, 0.2) is 59.3 Å². The minimum absolute atomic E-state index is 0.00710. The number of hydrogen-bond donors (Lipinski definition) is 3. The van der Waals surface area contributed by atoms with Crippen molar-refractivity contribution in [3.63, 3.8) is 0 Å². The fourth-order valence-corrected chi connectivity index (χ4v) is 7.09. The number of thiazole rings is 1. The lowest BCUT2D eigenvalue weighted by Gasteiger charge is -2.15. The number of aromatic nitrogens is 2. The topological polar surface area (TPSA) is 151 Å². The van der Waals surface area contributed by atoms with Crippen molar-refractivity contribution in [3.05, 3.63) is 59.9 Å². The Bertz CT molecular complexity index is 1540. The van der Waals surface area contributed by atoms with Gasteiger partial charge in [-0.15, -0.1) is 11.3 Å². The summed E-state index contributed by atoms with van der Waals surface area (Å²) >= 11 is 1.12. The smallest absolute Gasteiger partial charge is 0.245 e. The van der Waals surface area contributed by atoms with Crippen molar-refractivity contribution in [2.75, 3.05) is 18.9 Å². The maximum Gasteiger partial charge on any atom is 0.245 e. The molecule has 2 aromatic heterocycles. The number of amides is 2. The summed E-state index contributed by atoms with van der Waals surface area (Å²) in [5.74, 6) is -1.03. The molecule has 12 heteroatoms. The van der Waals surface area contributed by atoms with Gasteiger partial charge in [-0.3, -0.25) is 9.59 Å². The number of carbonyl (C=O) groups excluding carboxylic acids is 2. The first-order chi connectivity index (χ1) is 18.3. The SMILES string of the molecule is O=C(CNC(=O)C(c1nc2ccc(-c3ccc(-c4ncco4)cc3)cc2s1)S(=O)(=O)CCCO)NC1CC1. The molecule has 1 fully saturated rings. The van der Waals surface area contributed by atoms with E-state index in [9.17, 15) is 23.1 Å². The molecule has 0 radical (unpaired) electrons. The summed E-state index contributed by atoms with van der Waals surface area (Å²) in [4.78, 5) is 33.7. The Balaban J connectivity index is 1.40. The molecule has 0 saturated heterocycles. The minimum atomic E-state index is -4.00. The van der Waals surface area contributed by atoms with Crippen molar-refractivity contribution in [2.45, 2.75) is 30.6 Å². The molecule has 10 nitrogen and oxygen atoms in total. The number of benzene rings is 2. The van der Waals surface area contributed by atoms with Gasteiger partial charge < -0.3 is 20.2 Å². The van der Waals surface area contributed by atoms with Crippen LogP contribution in [0, 0.1) is 0 Å². The second kappa shape index (κ2) is 11.0. The van der Waals surface area contributed by atoms with E-state index in [1.165, 1.54) is 6.26 Å². The lowest BCUT2D eigenvalue weighted by Crippen LogP contribution is -2.41. The molecule has 2 heterocycles. The van der Waals surface area contributed by atoms with E-state index in [0.717, 1.165) is 45.6 Å². The van der Waals surface area contributed by atoms with Crippen molar-refractivity contribution in [1.82, 2.24) is 20.6 Å². The fraction of sp³-hybridized carbons (Fsp3) is 0.308. The number of sulfone groups is 1. The Labute approximate surface area is 223 Å². The molecule has 2 amide bonds. The molecule has 0 spiro atoms. The Morgan fingerprint density at radius 2 is 1.84 bits per heavy atom. The predicted octanol–water partition coefficient (Wildman–Crippen LogP) is 2.85. The Hall–Kier alpha value is -3.61. The Kier molecular flexibility index (Phi) is 7.54. The average molecular weight is 555 g/mol. The number of fused-ring (bicyclic) bond motifs is 1. The second-order valence-corrected chi connectivity index (χ2v) is 12.3. The van der Waals surface area contributed by atoms with Gasteiger partial charge in [-0.05, 0) is 54.7 Å². The van der Waals surface area contributed by atoms with Gasteiger partial charge in [-0.2, -0.15) is 0 Å². The number of hydrogen-bond acceptors (Lipinski definition) is 9. The first-order valence-corrected chi connectivity index (χ1v) is 14.7. The van der Waals surface area contributed by atoms with Crippen LogP contribution < -0.4 is 10.6 Å². The molecule has 5 rings (SSSR count). The van der Waals surface area contributed by atoms with E-state index in [1.807, 2.05) is 36.4 Å². The van der Waals surface area contributed by atoms with Gasteiger partial charge in [0.1, 0.15) is 11.3 Å². The third-order valence-electron chi connectivity index (χ3n) is 6.08. The van der Waals surface area contributed by atoms with Gasteiger partial charge in [0.2, 0.25) is 17.7 Å². The van der Waals surface area contributed by atoms with Crippen molar-refractivity contribution in [1.29, 1.82) is 0 Å². The molecule has 4 aromatic rings. The van der Waals surface area contributed by atoms with Crippen LogP contribution in [-0.2, 0) is 19.4 Å². The number of carbonyl (C=O) groups is 2. The third kappa shape index (κ3) is 5.93. The molecule has 1 atom stereocenters. The number of rotatable bonds is 11. The van der Waals surface area contributed by atoms with Crippen molar-refractivity contribution in [2.24, 2.45) is 0 Å². The van der Waals surface area contributed by atoms with E-state index in [2.05, 4.69) is 20.6 Å². The summed E-state index contributed by atoms with van der Waals surface area (Å²) < 4.78 is 32.3. The van der Waals surface area contributed by atoms with Crippen molar-refractivity contribution < 1.29 is 27.5 Å². The van der Waals surface area contributed by atoms with Gasteiger partial charge in [-0.25, -0.2) is 18.4 Å². The molecule has 38 heavy (non-hydrogen) atoms. The molecule has 1 unspecified atom stereocenters. The van der Waals surface area contributed by atoms with Gasteiger partial charge >= 0.3 is 0 Å². The first kappa shape index (κ1) is 26.0. The summed E-state index contributed by atoms with van der Waals surface area (Å²) in [6.45, 7) is -0.644. The third-order valence-corrected chi connectivity index (χ3v) is 9.32. The quantitative estimate of drug-likeness (QED) is 0.256. The number of aliphatic hydroxyl groups is 1. The summed E-state index contributed by atoms with van der Waals surface area (Å²) in [6.07, 6.45) is 4.89. The highest BCUT2D eigenvalue weighted by Crippen LogP contribution is 2.34. The summed E-state index contributed by atoms with van der Waals surface area (Å²) in [5, 5.41) is 12.9. The monoisotopic (exact) mass is 554 g/mol. The lowest BCUT2D eigenvalue weighted by atomic mass is 10.0. The molecule has 3 N–H and O–H groups in total. The van der Waals surface area contributed by atoms with Gasteiger partial charge in [0.05, 0.1) is 28.7 Å². The lowest BCUT2D eigenvalue weighted by molar-refractivity contribution is -0.126. The zero-order valence-corrected chi connectivity index (χ0v) is 21.9. The Morgan fingerprint density at radius 3 is 2.53 bits per heavy atom. The van der Waals surface area contributed by atoms with Crippen LogP contribution >= 0.6 is 11.3 Å². The molecular formula is C26H26N4O6S2. The molecule has 0 aliphatic heterocycles. The highest BCUT2D eigenvalue weighted by molar-refractivity contribution is 7.92. The maximum absolute atomic E-state index is 13.1. The molecule has 198 valence electrons. The maximum atomic E-state index is 13.1. The molecular weight excluding hydrogens is 528 g/mol. The van der Waals surface area contributed by atoms with Gasteiger partial charge in [-0.1, -0.05) is 18.2 Å². The van der Waals surface area contributed by atoms with Crippen LogP contribution in [0.5, 0.6) is 0 Å². The fourth-order valence-electron chi connectivity index (χ4n) is 3.98. The Morgan fingerprint density at radius 1 is 1.11 bits per heavy atom. The highest BCUT2D eigenvalue weighted by Gasteiger charge is 2.37. The van der Waals surface area contributed by atoms with E-state index in [0.29, 0.717) is 11.4 Å². The number of nitrogens with one attached hydrogen (secondary N) is 2. The number of aliphatic hydroxyl groups excluding tert-OH is 1. The van der Waals surface area contributed by atoms with Gasteiger partial charge in [0.25, 0.3) is 0 Å². The van der Waals surface area contributed by atoms with E-state index >= 15 is 0 Å². The normalized spacial score (nSPS) is 14.3. The van der Waals surface area contributed by atoms with Crippen LogP contribution in [0.3, 0.4) is 0 Å². The van der Waals surface area contributed by atoms with E-state index in [-0.39, 0.29) is 42.3 Å². The van der Waals surface area contributed by atoms with E-state index < -0.39 is 21.0 Å². The van der Waals surface area contributed by atoms with Crippen LogP contribution in [0.2, 0.25) is 0 Å². The standard InChI is InChI=1S/C26H26N4O6S2/c31-11-1-13-38(34,35)23(24(33)28-15-22(32)29-19-7-8-19)26-30-20-9-6-18(14-21(20)37-26)16-2-4-17(5-3-16)25-27-10-12-36-25/h2-6,9-10,12,14,19,23,31H,1,7-8,11,13,15H2,(H,28,33)(H,29,32). The van der Waals surface area contributed by atoms with E-state index in [1.54, 1.807) is 12.3 Å². The molecule has 2 aromatic carbocycles. The van der Waals surface area contributed by atoms with Crippen molar-refractivity contribution in [3.8, 4) is 22.6 Å². The minimum Gasteiger partial charge on any atom is -0.445 e. The molecule has 1 aliphatic rings. The summed E-state index contributed by atoms with van der Waals surface area (Å²) in [5.41, 5.74) is 3.23. The predicted molar refractivity (Wildman–Crippen MR) is 143 cm³/mol. The summed E-state index contributed by atoms with van der Waals surface area (Å²) in [6, 6.07) is 13.4. The zero-order chi connectivity index (χ0) is 26.7. The highest BCUT2D eigenvalue weighted by atomic mass is 32.2. The number of nitrogens with zero attached hydrogens (tertiary/aromatic N) is 2. The molecule has 0 bridgehead atoms. The number of oxazole rings is 1. The van der Waals surface area contributed by atoms with Gasteiger partial charge in [0, 0.05) is 18.2 Å². The first-order valence-electron chi connectivity index (χ1n) is 12.1. The molecule has 1 aliphatic carbocycles. The van der Waals surface area contributed by atoms with E-state index in [4.69, 9.17) is 4.42 Å². The largest absolute Gasteiger partial charge is 0.445 e. The van der Waals surface area contributed by atoms with Gasteiger partial charge in [0.15, 0.2) is 15.1 Å².